The third-order valence-electron chi connectivity index (χ3n) is 3.87. The Bertz CT molecular complexity index is 524. The van der Waals surface area contributed by atoms with Crippen LogP contribution in [0.15, 0.2) is 30.5 Å². The van der Waals surface area contributed by atoms with Gasteiger partial charge in [-0.1, -0.05) is 25.6 Å². The lowest BCUT2D eigenvalue weighted by atomic mass is 9.91. The molecule has 0 bridgehead atoms. The molecule has 1 aliphatic rings. The van der Waals surface area contributed by atoms with Crippen LogP contribution in [0.25, 0.3) is 10.9 Å². The predicted octanol–water partition coefficient (Wildman–Crippen LogP) is 3.70. The fourth-order valence-corrected chi connectivity index (χ4v) is 3.25. The quantitative estimate of drug-likeness (QED) is 0.707. The maximum Gasteiger partial charge on any atom is 0.0523 e. The van der Waals surface area contributed by atoms with Crippen LogP contribution in [0.5, 0.6) is 0 Å². The molecule has 0 amide bonds. The minimum Gasteiger partial charge on any atom is -0.361 e. The zero-order chi connectivity index (χ0) is 11.9. The van der Waals surface area contributed by atoms with Crippen molar-refractivity contribution in [1.82, 2.24) is 10.3 Å². The normalized spacial score (nSPS) is 22.7. The maximum absolute atomic E-state index is 4.93. The second kappa shape index (κ2) is 4.98. The average molecular weight is 262 g/mol. The Morgan fingerprint density at radius 3 is 2.83 bits per heavy atom. The van der Waals surface area contributed by atoms with Gasteiger partial charge in [-0.15, -0.1) is 0 Å². The number of aromatic amines is 1. The first kappa shape index (κ1) is 13.5. The molecule has 0 aliphatic carbocycles. The van der Waals surface area contributed by atoms with Crippen molar-refractivity contribution in [3.8, 4) is 0 Å². The largest absolute Gasteiger partial charge is 0.361 e. The van der Waals surface area contributed by atoms with Crippen LogP contribution in [0.4, 0.5) is 0 Å². The summed E-state index contributed by atoms with van der Waals surface area (Å²) >= 11 is 4.93. The number of para-hydroxylation sites is 1. The lowest BCUT2D eigenvalue weighted by Gasteiger charge is -2.30. The maximum atomic E-state index is 4.93. The molecule has 2 atom stereocenters. The van der Waals surface area contributed by atoms with Crippen LogP contribution in [0, 0.1) is 0 Å². The summed E-state index contributed by atoms with van der Waals surface area (Å²) in [6, 6.07) is 8.90. The van der Waals surface area contributed by atoms with Crippen molar-refractivity contribution in [3.63, 3.8) is 0 Å². The number of H-pyrrole nitrogens is 1. The number of hydrogen-bond acceptors (Lipinski definition) is 2. The van der Waals surface area contributed by atoms with E-state index in [1.165, 1.54) is 29.3 Å². The van der Waals surface area contributed by atoms with E-state index in [2.05, 4.69) is 47.7 Å². The molecule has 3 rings (SSSR count). The van der Waals surface area contributed by atoms with E-state index in [9.17, 15) is 0 Å². The minimum absolute atomic E-state index is 0. The van der Waals surface area contributed by atoms with E-state index < -0.39 is 0 Å². The van der Waals surface area contributed by atoms with Crippen LogP contribution in [-0.2, 0) is 4.75 Å². The van der Waals surface area contributed by atoms with Gasteiger partial charge in [-0.05, 0) is 37.9 Å². The van der Waals surface area contributed by atoms with Crippen molar-refractivity contribution in [2.45, 2.75) is 38.0 Å². The summed E-state index contributed by atoms with van der Waals surface area (Å²) in [5.74, 6) is 0. The second-order valence-corrected chi connectivity index (χ2v) is 5.97. The first-order valence-corrected chi connectivity index (χ1v) is 6.66. The fraction of sp³-hybridized carbons (Fsp3) is 0.467. The third-order valence-corrected chi connectivity index (χ3v) is 4.43. The zero-order valence-corrected chi connectivity index (χ0v) is 10.9. The molecule has 1 aliphatic heterocycles. The molecule has 3 heteroatoms. The summed E-state index contributed by atoms with van der Waals surface area (Å²) in [7, 11) is 0. The monoisotopic (exact) mass is 262 g/mol. The number of aromatic nitrogens is 1. The average Bonchev–Trinajstić information content (AvgIpc) is 2.99. The lowest BCUT2D eigenvalue weighted by molar-refractivity contribution is 0.483. The summed E-state index contributed by atoms with van der Waals surface area (Å²) < 4.78 is -0.115. The van der Waals surface area contributed by atoms with Crippen LogP contribution in [-0.4, -0.2) is 17.6 Å². The molecule has 98 valence electrons. The smallest absolute Gasteiger partial charge is 0.0523 e. The summed E-state index contributed by atoms with van der Waals surface area (Å²) in [6.45, 7) is 3.33. The Balaban J connectivity index is 0.00000120. The van der Waals surface area contributed by atoms with Gasteiger partial charge in [0.1, 0.15) is 0 Å². The Hall–Kier alpha value is -0.930. The Kier molecular flexibility index (Phi) is 3.74. The topological polar surface area (TPSA) is 27.8 Å². The highest BCUT2D eigenvalue weighted by Crippen LogP contribution is 2.39. The summed E-state index contributed by atoms with van der Waals surface area (Å²) in [4.78, 5) is 3.34. The standard InChI is InChI=1S/C14H18N2S.CH4/c1-14(17,13-7-4-8-15-13)11-9-16-12-6-3-2-5-10(11)12;/h2-3,5-6,9,13,15-17H,4,7-8H2,1H3;1H4. The lowest BCUT2D eigenvalue weighted by Crippen LogP contribution is -2.38. The second-order valence-electron chi connectivity index (χ2n) is 5.04. The van der Waals surface area contributed by atoms with E-state index >= 15 is 0 Å². The van der Waals surface area contributed by atoms with Gasteiger partial charge in [0, 0.05) is 23.1 Å². The highest BCUT2D eigenvalue weighted by Gasteiger charge is 2.35. The number of benzene rings is 1. The van der Waals surface area contributed by atoms with E-state index in [1.54, 1.807) is 0 Å². The molecular formula is C15H22N2S. The van der Waals surface area contributed by atoms with Gasteiger partial charge in [0.2, 0.25) is 0 Å². The van der Waals surface area contributed by atoms with Gasteiger partial charge in [-0.3, -0.25) is 0 Å². The van der Waals surface area contributed by atoms with Crippen molar-refractivity contribution >= 4 is 23.5 Å². The van der Waals surface area contributed by atoms with E-state index in [4.69, 9.17) is 12.6 Å². The molecule has 2 unspecified atom stereocenters. The van der Waals surface area contributed by atoms with Crippen molar-refractivity contribution in [1.29, 1.82) is 0 Å². The van der Waals surface area contributed by atoms with Crippen molar-refractivity contribution in [2.24, 2.45) is 0 Å². The van der Waals surface area contributed by atoms with Gasteiger partial charge in [0.15, 0.2) is 0 Å². The van der Waals surface area contributed by atoms with Crippen molar-refractivity contribution < 1.29 is 0 Å². The molecule has 0 spiro atoms. The summed E-state index contributed by atoms with van der Waals surface area (Å²) in [6.07, 6.45) is 4.57. The number of fused-ring (bicyclic) bond motifs is 1. The molecule has 1 aromatic heterocycles. The van der Waals surface area contributed by atoms with Crippen LogP contribution < -0.4 is 5.32 Å². The molecule has 1 aromatic carbocycles. The van der Waals surface area contributed by atoms with E-state index in [-0.39, 0.29) is 12.2 Å². The van der Waals surface area contributed by atoms with E-state index in [0.717, 1.165) is 6.54 Å². The number of nitrogens with one attached hydrogen (secondary N) is 2. The van der Waals surface area contributed by atoms with Gasteiger partial charge in [0.05, 0.1) is 4.75 Å². The highest BCUT2D eigenvalue weighted by atomic mass is 32.1. The van der Waals surface area contributed by atoms with E-state index in [0.29, 0.717) is 6.04 Å². The molecule has 0 radical (unpaired) electrons. The van der Waals surface area contributed by atoms with Gasteiger partial charge >= 0.3 is 0 Å². The van der Waals surface area contributed by atoms with Gasteiger partial charge in [-0.2, -0.15) is 12.6 Å². The van der Waals surface area contributed by atoms with E-state index in [1.807, 2.05) is 0 Å². The number of thiol groups is 1. The van der Waals surface area contributed by atoms with Gasteiger partial charge in [-0.25, -0.2) is 0 Å². The van der Waals surface area contributed by atoms with Crippen LogP contribution in [0.2, 0.25) is 0 Å². The first-order valence-electron chi connectivity index (χ1n) is 6.22. The predicted molar refractivity (Wildman–Crippen MR) is 82.4 cm³/mol. The molecule has 1 saturated heterocycles. The molecular weight excluding hydrogens is 240 g/mol. The van der Waals surface area contributed by atoms with Gasteiger partial charge < -0.3 is 10.3 Å². The third kappa shape index (κ3) is 2.06. The number of rotatable bonds is 2. The zero-order valence-electron chi connectivity index (χ0n) is 10.0. The highest BCUT2D eigenvalue weighted by molar-refractivity contribution is 7.81. The molecule has 18 heavy (non-hydrogen) atoms. The summed E-state index contributed by atoms with van der Waals surface area (Å²) in [5, 5.41) is 4.85. The SMILES string of the molecule is C.CC(S)(c1c[nH]c2ccccc12)C1CCCN1. The Morgan fingerprint density at radius 1 is 1.33 bits per heavy atom. The minimum atomic E-state index is -0.115. The van der Waals surface area contributed by atoms with Crippen LogP contribution in [0.1, 0.15) is 32.8 Å². The molecule has 1 fully saturated rings. The molecule has 0 saturated carbocycles. The van der Waals surface area contributed by atoms with Crippen LogP contribution >= 0.6 is 12.6 Å². The van der Waals surface area contributed by atoms with Crippen molar-refractivity contribution in [3.05, 3.63) is 36.0 Å². The molecule has 2 heterocycles. The summed E-state index contributed by atoms with van der Waals surface area (Å²) in [5.41, 5.74) is 2.50. The Labute approximate surface area is 115 Å². The first-order chi connectivity index (χ1) is 8.19. The van der Waals surface area contributed by atoms with Crippen molar-refractivity contribution in [2.75, 3.05) is 6.54 Å². The van der Waals surface area contributed by atoms with Crippen LogP contribution in [0.3, 0.4) is 0 Å². The number of hydrogen-bond donors (Lipinski definition) is 3. The van der Waals surface area contributed by atoms with Gasteiger partial charge in [0.25, 0.3) is 0 Å². The Morgan fingerprint density at radius 2 is 2.11 bits per heavy atom. The fourth-order valence-electron chi connectivity index (χ4n) is 2.84. The molecule has 2 aromatic rings. The molecule has 2 nitrogen and oxygen atoms in total. The molecule has 2 N–H and O–H groups in total.